The molecule has 0 aromatic carbocycles. The van der Waals surface area contributed by atoms with Crippen LogP contribution in [0.5, 0.6) is 0 Å². The Bertz CT molecular complexity index is 695. The van der Waals surface area contributed by atoms with E-state index >= 15 is 0 Å². The fraction of sp³-hybridized carbons (Fsp3) is 0.312. The number of pyridine rings is 1. The topological polar surface area (TPSA) is 79.3 Å². The molecule has 1 atom stereocenters. The maximum Gasteiger partial charge on any atom is 0.330 e. The summed E-state index contributed by atoms with van der Waals surface area (Å²) in [5.41, 5.74) is -0.151. The van der Waals surface area contributed by atoms with E-state index in [-0.39, 0.29) is 5.41 Å². The Labute approximate surface area is 132 Å². The summed E-state index contributed by atoms with van der Waals surface area (Å²) in [6.07, 6.45) is 6.62. The monoisotopic (exact) mass is 318 g/mol. The number of carboxylic acids is 1. The number of carbonyl (C=O) groups is 2. The van der Waals surface area contributed by atoms with Crippen molar-refractivity contribution in [2.75, 3.05) is 0 Å². The Morgan fingerprint density at radius 3 is 2.73 bits per heavy atom. The van der Waals surface area contributed by atoms with E-state index in [1.807, 2.05) is 26.8 Å². The van der Waals surface area contributed by atoms with Gasteiger partial charge in [0, 0.05) is 22.5 Å². The zero-order valence-electron chi connectivity index (χ0n) is 12.7. The molecule has 0 fully saturated rings. The Hall–Kier alpha value is -2.21. The van der Waals surface area contributed by atoms with Crippen molar-refractivity contribution in [1.82, 2.24) is 10.3 Å². The Morgan fingerprint density at radius 2 is 2.14 bits per heavy atom. The third kappa shape index (κ3) is 4.14. The molecule has 0 bridgehead atoms. The first-order valence-corrected chi connectivity index (χ1v) is 7.64. The number of carboxylic acid groups (broad SMARTS) is 1. The summed E-state index contributed by atoms with van der Waals surface area (Å²) >= 11 is 1.31. The number of nitrogens with zero attached hydrogens (tertiary/aromatic N) is 1. The maximum absolute atomic E-state index is 12.2. The van der Waals surface area contributed by atoms with Gasteiger partial charge in [-0.25, -0.2) is 4.79 Å². The van der Waals surface area contributed by atoms with Crippen LogP contribution in [0.3, 0.4) is 0 Å². The van der Waals surface area contributed by atoms with E-state index < -0.39 is 17.9 Å². The van der Waals surface area contributed by atoms with E-state index in [9.17, 15) is 14.7 Å². The van der Waals surface area contributed by atoms with Crippen molar-refractivity contribution in [2.24, 2.45) is 5.41 Å². The lowest BCUT2D eigenvalue weighted by molar-refractivity contribution is -0.137. The largest absolute Gasteiger partial charge is 0.479 e. The average Bonchev–Trinajstić information content (AvgIpc) is 2.85. The van der Waals surface area contributed by atoms with Crippen LogP contribution in [0.25, 0.3) is 10.1 Å². The number of carbonyl (C=O) groups excluding carboxylic acids is 1. The highest BCUT2D eigenvalue weighted by molar-refractivity contribution is 7.20. The zero-order chi connectivity index (χ0) is 16.3. The molecular weight excluding hydrogens is 300 g/mol. The number of aliphatic carboxylic acids is 1. The fourth-order valence-corrected chi connectivity index (χ4v) is 2.72. The van der Waals surface area contributed by atoms with Crippen LogP contribution in [-0.4, -0.2) is 28.0 Å². The lowest BCUT2D eigenvalue weighted by Gasteiger charge is -2.14. The molecule has 6 heteroatoms. The number of aromatic nitrogens is 1. The first-order chi connectivity index (χ1) is 10.3. The number of thiophene rings is 1. The van der Waals surface area contributed by atoms with E-state index in [1.54, 1.807) is 24.5 Å². The first kappa shape index (κ1) is 16.2. The maximum atomic E-state index is 12.2. The number of hydrogen-bond donors (Lipinski definition) is 2. The average molecular weight is 318 g/mol. The summed E-state index contributed by atoms with van der Waals surface area (Å²) in [5, 5.41) is 12.6. The van der Waals surface area contributed by atoms with Gasteiger partial charge in [-0.1, -0.05) is 32.9 Å². The van der Waals surface area contributed by atoms with Gasteiger partial charge in [-0.15, -0.1) is 11.3 Å². The summed E-state index contributed by atoms with van der Waals surface area (Å²) in [4.78, 5) is 28.0. The van der Waals surface area contributed by atoms with Crippen molar-refractivity contribution in [3.8, 4) is 0 Å². The lowest BCUT2D eigenvalue weighted by atomic mass is 9.95. The molecule has 2 N–H and O–H groups in total. The van der Waals surface area contributed by atoms with Gasteiger partial charge in [0.25, 0.3) is 5.91 Å². The number of fused-ring (bicyclic) bond motifs is 1. The van der Waals surface area contributed by atoms with E-state index in [0.29, 0.717) is 4.88 Å². The molecule has 0 radical (unpaired) electrons. The molecule has 0 saturated heterocycles. The molecule has 0 saturated carbocycles. The second kappa shape index (κ2) is 6.27. The molecule has 5 nitrogen and oxygen atoms in total. The van der Waals surface area contributed by atoms with Crippen LogP contribution in [0, 0.1) is 5.41 Å². The van der Waals surface area contributed by atoms with Crippen LogP contribution in [0.1, 0.15) is 30.4 Å². The molecular formula is C16H18N2O3S. The lowest BCUT2D eigenvalue weighted by Crippen LogP contribution is -2.39. The number of allylic oxidation sites excluding steroid dienone is 1. The van der Waals surface area contributed by atoms with E-state index in [4.69, 9.17) is 0 Å². The van der Waals surface area contributed by atoms with E-state index in [2.05, 4.69) is 10.3 Å². The molecule has 2 aromatic rings. The summed E-state index contributed by atoms with van der Waals surface area (Å²) in [6, 6.07) is 2.50. The third-order valence-electron chi connectivity index (χ3n) is 2.88. The van der Waals surface area contributed by atoms with Gasteiger partial charge in [-0.05, 0) is 17.5 Å². The Balaban J connectivity index is 2.17. The van der Waals surface area contributed by atoms with Gasteiger partial charge in [-0.2, -0.15) is 0 Å². The van der Waals surface area contributed by atoms with Crippen molar-refractivity contribution in [1.29, 1.82) is 0 Å². The molecule has 1 unspecified atom stereocenters. The second-order valence-corrected chi connectivity index (χ2v) is 7.12. The van der Waals surface area contributed by atoms with Crippen LogP contribution in [-0.2, 0) is 4.79 Å². The fourth-order valence-electron chi connectivity index (χ4n) is 1.79. The smallest absolute Gasteiger partial charge is 0.330 e. The van der Waals surface area contributed by atoms with Gasteiger partial charge in [-0.3, -0.25) is 9.78 Å². The van der Waals surface area contributed by atoms with Gasteiger partial charge < -0.3 is 10.4 Å². The Morgan fingerprint density at radius 1 is 1.41 bits per heavy atom. The highest BCUT2D eigenvalue weighted by Gasteiger charge is 2.20. The number of rotatable bonds is 4. The highest BCUT2D eigenvalue weighted by Crippen LogP contribution is 2.24. The minimum Gasteiger partial charge on any atom is -0.479 e. The van der Waals surface area contributed by atoms with Gasteiger partial charge in [0.15, 0.2) is 0 Å². The van der Waals surface area contributed by atoms with Crippen molar-refractivity contribution in [3.05, 3.63) is 41.6 Å². The van der Waals surface area contributed by atoms with Crippen molar-refractivity contribution in [2.45, 2.75) is 26.8 Å². The van der Waals surface area contributed by atoms with Gasteiger partial charge in [0.2, 0.25) is 0 Å². The van der Waals surface area contributed by atoms with Crippen molar-refractivity contribution < 1.29 is 14.7 Å². The van der Waals surface area contributed by atoms with Crippen LogP contribution < -0.4 is 5.32 Å². The number of nitrogens with one attached hydrogen (secondary N) is 1. The SMILES string of the molecule is CC(C)(C)/C=C/C(NC(=O)c1cc2cnccc2s1)C(=O)O. The normalized spacial score (nSPS) is 13.4. The molecule has 2 rings (SSSR count). The zero-order valence-corrected chi connectivity index (χ0v) is 13.5. The van der Waals surface area contributed by atoms with Crippen LogP contribution >= 0.6 is 11.3 Å². The summed E-state index contributed by atoms with van der Waals surface area (Å²) in [5.74, 6) is -1.48. The van der Waals surface area contributed by atoms with Gasteiger partial charge in [0.1, 0.15) is 6.04 Å². The number of hydrogen-bond acceptors (Lipinski definition) is 4. The molecule has 2 aromatic heterocycles. The molecule has 22 heavy (non-hydrogen) atoms. The van der Waals surface area contributed by atoms with Crippen LogP contribution in [0.4, 0.5) is 0 Å². The third-order valence-corrected chi connectivity index (χ3v) is 4.00. The highest BCUT2D eigenvalue weighted by atomic mass is 32.1. The molecule has 116 valence electrons. The Kier molecular flexibility index (Phi) is 4.61. The first-order valence-electron chi connectivity index (χ1n) is 6.83. The second-order valence-electron chi connectivity index (χ2n) is 6.04. The molecule has 0 aliphatic carbocycles. The van der Waals surface area contributed by atoms with Crippen LogP contribution in [0.15, 0.2) is 36.7 Å². The predicted octanol–water partition coefficient (Wildman–Crippen LogP) is 3.08. The molecule has 0 aliphatic rings. The van der Waals surface area contributed by atoms with Crippen molar-refractivity contribution in [3.63, 3.8) is 0 Å². The quantitative estimate of drug-likeness (QED) is 0.849. The van der Waals surface area contributed by atoms with Crippen LogP contribution in [0.2, 0.25) is 0 Å². The minimum atomic E-state index is -1.09. The van der Waals surface area contributed by atoms with Gasteiger partial charge in [0.05, 0.1) is 4.88 Å². The molecule has 0 spiro atoms. The number of amides is 1. The summed E-state index contributed by atoms with van der Waals surface area (Å²) in [7, 11) is 0. The standard InChI is InChI=1S/C16H18N2O3S/c1-16(2,3)6-4-11(15(20)21)18-14(19)13-8-10-9-17-7-5-12(10)22-13/h4-9,11H,1-3H3,(H,18,19)(H,20,21)/b6-4+. The van der Waals surface area contributed by atoms with Gasteiger partial charge >= 0.3 is 5.97 Å². The molecule has 1 amide bonds. The molecule has 0 aliphatic heterocycles. The van der Waals surface area contributed by atoms with E-state index in [1.165, 1.54) is 17.4 Å². The minimum absolute atomic E-state index is 0.151. The summed E-state index contributed by atoms with van der Waals surface area (Å²) < 4.78 is 0.942. The predicted molar refractivity (Wildman–Crippen MR) is 87.1 cm³/mol. The molecule has 2 heterocycles. The van der Waals surface area contributed by atoms with E-state index in [0.717, 1.165) is 10.1 Å². The summed E-state index contributed by atoms with van der Waals surface area (Å²) in [6.45, 7) is 5.88. The van der Waals surface area contributed by atoms with Crippen molar-refractivity contribution >= 4 is 33.3 Å².